The van der Waals surface area contributed by atoms with Gasteiger partial charge in [-0.05, 0) is 12.0 Å². The summed E-state index contributed by atoms with van der Waals surface area (Å²) in [6.45, 7) is 2.19. The van der Waals surface area contributed by atoms with Crippen LogP contribution in [0.25, 0.3) is 0 Å². The molecular weight excluding hydrogens is 172 g/mol. The molecule has 0 saturated carbocycles. The minimum atomic E-state index is 0.415. The first-order valence-electron chi connectivity index (χ1n) is 4.94. The lowest BCUT2D eigenvalue weighted by Gasteiger charge is -2.16. The van der Waals surface area contributed by atoms with Crippen LogP contribution in [0.15, 0.2) is 49.1 Å². The Labute approximate surface area is 84.2 Å². The number of aromatic nitrogens is 2. The molecule has 0 fully saturated rings. The molecular formula is C12H14N2. The topological polar surface area (TPSA) is 17.8 Å². The smallest absolute Gasteiger partial charge is 0.0951 e. The predicted molar refractivity (Wildman–Crippen MR) is 57.1 cm³/mol. The van der Waals surface area contributed by atoms with Gasteiger partial charge in [-0.3, -0.25) is 0 Å². The highest BCUT2D eigenvalue weighted by molar-refractivity contribution is 5.19. The number of hydrogen-bond donors (Lipinski definition) is 0. The lowest BCUT2D eigenvalue weighted by molar-refractivity contribution is 0.566. The first-order valence-corrected chi connectivity index (χ1v) is 4.94. The second-order valence-corrected chi connectivity index (χ2v) is 3.34. The summed E-state index contributed by atoms with van der Waals surface area (Å²) in [6.07, 6.45) is 6.80. The summed E-state index contributed by atoms with van der Waals surface area (Å²) in [5, 5.41) is 0. The number of rotatable bonds is 3. The zero-order chi connectivity index (χ0) is 9.80. The molecule has 0 amide bonds. The van der Waals surface area contributed by atoms with Crippen LogP contribution in [0, 0.1) is 0 Å². The summed E-state index contributed by atoms with van der Waals surface area (Å²) in [5.41, 5.74) is 1.34. The molecule has 0 aliphatic heterocycles. The van der Waals surface area contributed by atoms with Crippen molar-refractivity contribution in [3.05, 3.63) is 54.6 Å². The van der Waals surface area contributed by atoms with Gasteiger partial charge < -0.3 is 4.57 Å². The third-order valence-corrected chi connectivity index (χ3v) is 2.46. The molecule has 14 heavy (non-hydrogen) atoms. The molecule has 1 aromatic carbocycles. The fourth-order valence-electron chi connectivity index (χ4n) is 1.75. The number of benzene rings is 1. The van der Waals surface area contributed by atoms with E-state index in [1.54, 1.807) is 0 Å². The fourth-order valence-corrected chi connectivity index (χ4v) is 1.75. The maximum absolute atomic E-state index is 4.08. The average Bonchev–Trinajstić information content (AvgIpc) is 2.74. The van der Waals surface area contributed by atoms with Gasteiger partial charge in [0.25, 0.3) is 0 Å². The van der Waals surface area contributed by atoms with Crippen LogP contribution >= 0.6 is 0 Å². The van der Waals surface area contributed by atoms with Gasteiger partial charge in [0.1, 0.15) is 0 Å². The van der Waals surface area contributed by atoms with E-state index in [9.17, 15) is 0 Å². The Morgan fingerprint density at radius 2 is 2.07 bits per heavy atom. The van der Waals surface area contributed by atoms with Crippen LogP contribution in [0.1, 0.15) is 24.9 Å². The molecule has 0 radical (unpaired) electrons. The normalized spacial score (nSPS) is 12.6. The van der Waals surface area contributed by atoms with Gasteiger partial charge in [-0.1, -0.05) is 37.3 Å². The highest BCUT2D eigenvalue weighted by Crippen LogP contribution is 2.20. The Hall–Kier alpha value is -1.57. The molecule has 0 saturated heterocycles. The van der Waals surface area contributed by atoms with Crippen molar-refractivity contribution in [3.8, 4) is 0 Å². The Bertz CT molecular complexity index is 364. The molecule has 1 heterocycles. The quantitative estimate of drug-likeness (QED) is 0.720. The number of nitrogens with zero attached hydrogens (tertiary/aromatic N) is 2. The number of hydrogen-bond acceptors (Lipinski definition) is 1. The Morgan fingerprint density at radius 3 is 2.64 bits per heavy atom. The Kier molecular flexibility index (Phi) is 2.63. The van der Waals surface area contributed by atoms with E-state index in [1.165, 1.54) is 5.56 Å². The first kappa shape index (κ1) is 9.00. The third-order valence-electron chi connectivity index (χ3n) is 2.46. The van der Waals surface area contributed by atoms with Crippen LogP contribution in [0.3, 0.4) is 0 Å². The standard InChI is InChI=1S/C12H14N2/c1-2-12(14-9-8-13-10-14)11-6-4-3-5-7-11/h3-10,12H,2H2,1H3/t12-/m0/s1. The second kappa shape index (κ2) is 4.09. The van der Waals surface area contributed by atoms with Gasteiger partial charge in [0.15, 0.2) is 0 Å². The average molecular weight is 186 g/mol. The van der Waals surface area contributed by atoms with E-state index < -0.39 is 0 Å². The Balaban J connectivity index is 2.31. The highest BCUT2D eigenvalue weighted by Gasteiger charge is 2.09. The van der Waals surface area contributed by atoms with Crippen molar-refractivity contribution in [1.82, 2.24) is 9.55 Å². The molecule has 1 aromatic heterocycles. The highest BCUT2D eigenvalue weighted by atomic mass is 15.0. The van der Waals surface area contributed by atoms with Gasteiger partial charge in [-0.15, -0.1) is 0 Å². The largest absolute Gasteiger partial charge is 0.330 e. The minimum Gasteiger partial charge on any atom is -0.330 e. The van der Waals surface area contributed by atoms with E-state index >= 15 is 0 Å². The van der Waals surface area contributed by atoms with Crippen LogP contribution in [-0.2, 0) is 0 Å². The molecule has 0 aliphatic rings. The lowest BCUT2D eigenvalue weighted by atomic mass is 10.0. The zero-order valence-corrected chi connectivity index (χ0v) is 8.30. The van der Waals surface area contributed by atoms with Crippen molar-refractivity contribution in [1.29, 1.82) is 0 Å². The van der Waals surface area contributed by atoms with Crippen molar-refractivity contribution >= 4 is 0 Å². The molecule has 2 heteroatoms. The SMILES string of the molecule is CC[C@@H](c1ccccc1)n1ccnc1. The van der Waals surface area contributed by atoms with E-state index in [0.29, 0.717) is 6.04 Å². The maximum Gasteiger partial charge on any atom is 0.0951 e. The molecule has 0 bridgehead atoms. The predicted octanol–water partition coefficient (Wildman–Crippen LogP) is 2.88. The molecule has 2 nitrogen and oxygen atoms in total. The van der Waals surface area contributed by atoms with Crippen molar-refractivity contribution in [2.75, 3.05) is 0 Å². The van der Waals surface area contributed by atoms with Crippen LogP contribution in [0.5, 0.6) is 0 Å². The van der Waals surface area contributed by atoms with Crippen LogP contribution in [-0.4, -0.2) is 9.55 Å². The van der Waals surface area contributed by atoms with Gasteiger partial charge in [-0.2, -0.15) is 0 Å². The fraction of sp³-hybridized carbons (Fsp3) is 0.250. The van der Waals surface area contributed by atoms with E-state index in [2.05, 4.69) is 40.7 Å². The maximum atomic E-state index is 4.08. The summed E-state index contributed by atoms with van der Waals surface area (Å²) < 4.78 is 2.15. The molecule has 2 rings (SSSR count). The van der Waals surface area contributed by atoms with Crippen molar-refractivity contribution in [2.24, 2.45) is 0 Å². The van der Waals surface area contributed by atoms with Crippen LogP contribution in [0.2, 0.25) is 0 Å². The van der Waals surface area contributed by atoms with Crippen molar-refractivity contribution < 1.29 is 0 Å². The summed E-state index contributed by atoms with van der Waals surface area (Å²) in [7, 11) is 0. The van der Waals surface area contributed by atoms with Gasteiger partial charge >= 0.3 is 0 Å². The van der Waals surface area contributed by atoms with E-state index in [4.69, 9.17) is 0 Å². The van der Waals surface area contributed by atoms with Crippen LogP contribution in [0.4, 0.5) is 0 Å². The zero-order valence-electron chi connectivity index (χ0n) is 8.30. The summed E-state index contributed by atoms with van der Waals surface area (Å²) in [4.78, 5) is 4.08. The molecule has 0 aliphatic carbocycles. The minimum absolute atomic E-state index is 0.415. The molecule has 72 valence electrons. The summed E-state index contributed by atoms with van der Waals surface area (Å²) in [6, 6.07) is 10.9. The second-order valence-electron chi connectivity index (χ2n) is 3.34. The van der Waals surface area contributed by atoms with Gasteiger partial charge in [-0.25, -0.2) is 4.98 Å². The van der Waals surface area contributed by atoms with Gasteiger partial charge in [0, 0.05) is 12.4 Å². The van der Waals surface area contributed by atoms with Gasteiger partial charge in [0.05, 0.1) is 12.4 Å². The molecule has 0 unspecified atom stereocenters. The molecule has 0 spiro atoms. The van der Waals surface area contributed by atoms with E-state index in [1.807, 2.05) is 24.8 Å². The molecule has 0 N–H and O–H groups in total. The van der Waals surface area contributed by atoms with Crippen molar-refractivity contribution in [2.45, 2.75) is 19.4 Å². The monoisotopic (exact) mass is 186 g/mol. The lowest BCUT2D eigenvalue weighted by Crippen LogP contribution is -2.07. The molecule has 1 atom stereocenters. The van der Waals surface area contributed by atoms with Gasteiger partial charge in [0.2, 0.25) is 0 Å². The number of imidazole rings is 1. The van der Waals surface area contributed by atoms with Crippen LogP contribution < -0.4 is 0 Å². The van der Waals surface area contributed by atoms with E-state index in [0.717, 1.165) is 6.42 Å². The summed E-state index contributed by atoms with van der Waals surface area (Å²) in [5.74, 6) is 0. The van der Waals surface area contributed by atoms with Crippen molar-refractivity contribution in [3.63, 3.8) is 0 Å². The first-order chi connectivity index (χ1) is 6.92. The van der Waals surface area contributed by atoms with E-state index in [-0.39, 0.29) is 0 Å². The Morgan fingerprint density at radius 1 is 1.29 bits per heavy atom. The summed E-state index contributed by atoms with van der Waals surface area (Å²) >= 11 is 0. The third kappa shape index (κ3) is 1.69. The molecule has 2 aromatic rings.